The van der Waals surface area contributed by atoms with Gasteiger partial charge in [-0.25, -0.2) is 15.4 Å². The van der Waals surface area contributed by atoms with E-state index in [-0.39, 0.29) is 42.5 Å². The number of hydrogen-bond donors (Lipinski definition) is 2. The zero-order valence-corrected chi connectivity index (χ0v) is 41.0. The van der Waals surface area contributed by atoms with E-state index in [4.69, 9.17) is 38.1 Å². The van der Waals surface area contributed by atoms with Crippen molar-refractivity contribution in [3.8, 4) is 22.5 Å². The number of oxazole rings is 1. The Morgan fingerprint density at radius 1 is 1.06 bits per heavy atom. The molecular weight excluding hydrogens is 901 g/mol. The topological polar surface area (TPSA) is 185 Å². The van der Waals surface area contributed by atoms with E-state index in [0.29, 0.717) is 89.2 Å². The van der Waals surface area contributed by atoms with Crippen LogP contribution in [-0.4, -0.2) is 132 Å². The summed E-state index contributed by atoms with van der Waals surface area (Å²) in [4.78, 5) is 60.7. The molecule has 1 aromatic carbocycles. The fraction of sp³-hybridized carbons (Fsp3) is 0.569. The summed E-state index contributed by atoms with van der Waals surface area (Å²) < 4.78 is 37.8. The summed E-state index contributed by atoms with van der Waals surface area (Å²) in [5.41, 5.74) is 10.0. The van der Waals surface area contributed by atoms with Gasteiger partial charge in [-0.05, 0) is 74.8 Å². The monoisotopic (exact) mass is 964 g/mol. The van der Waals surface area contributed by atoms with Crippen LogP contribution in [0.5, 0.6) is 0 Å². The van der Waals surface area contributed by atoms with E-state index in [0.717, 1.165) is 57.5 Å². The number of fused-ring (bicyclic) bond motifs is 6. The molecule has 0 radical (unpaired) electrons. The second-order valence-corrected chi connectivity index (χ2v) is 20.8. The lowest BCUT2D eigenvalue weighted by atomic mass is 9.84. The van der Waals surface area contributed by atoms with E-state index in [2.05, 4.69) is 68.7 Å². The van der Waals surface area contributed by atoms with Gasteiger partial charge in [0, 0.05) is 97.4 Å². The van der Waals surface area contributed by atoms with Gasteiger partial charge in [-0.1, -0.05) is 26.8 Å². The predicted octanol–water partition coefficient (Wildman–Crippen LogP) is 6.25. The number of esters is 1. The van der Waals surface area contributed by atoms with E-state index in [9.17, 15) is 9.59 Å². The number of rotatable bonds is 11. The Balaban J connectivity index is 1.11. The Morgan fingerprint density at radius 3 is 2.65 bits per heavy atom. The molecule has 5 aromatic rings. The summed E-state index contributed by atoms with van der Waals surface area (Å²) in [6.45, 7) is 13.2. The van der Waals surface area contributed by atoms with Crippen LogP contribution in [0.1, 0.15) is 93.4 Å². The van der Waals surface area contributed by atoms with Gasteiger partial charge >= 0.3 is 5.97 Å². The molecular formula is C51H64N8O9S. The van der Waals surface area contributed by atoms with E-state index in [1.807, 2.05) is 26.1 Å². The third kappa shape index (κ3) is 9.86. The number of morpholine rings is 1. The Labute approximate surface area is 406 Å². The summed E-state index contributed by atoms with van der Waals surface area (Å²) in [6, 6.07) is 8.11. The number of aromatic nitrogens is 4. The van der Waals surface area contributed by atoms with Gasteiger partial charge in [0.1, 0.15) is 23.4 Å². The molecule has 368 valence electrons. The van der Waals surface area contributed by atoms with Gasteiger partial charge in [0.25, 0.3) is 5.91 Å². The van der Waals surface area contributed by atoms with E-state index < -0.39 is 35.4 Å². The highest BCUT2D eigenvalue weighted by Gasteiger charge is 2.55. The Bertz CT molecular complexity index is 2620. The standard InChI is InChI=1S/C51H64N8O9S/c1-30-41(38-26-66-29-53-38)42(30)47(60)55-44-46(57-16-21-65-22-17-57)48-54-39(27-69-48)32-10-11-40-35(24-32)36(25-51(3,4)28-68-50(62)37-9-7-15-59(56-37)49(44)61)45(34-8-6-14-52-43(34)31(2)63-5)58(40)18-23-67-33-12-19-64-20-13-33/h6,8,10-11,14,24,26-27,29-31,33,37,41-42,44,46,56H,7,9,12-13,15-23,25,28H2,1-5H3,(H,55,60)/t30-,31-,37-,41-,42+,44-,46-/m0/s1. The molecule has 7 atom stereocenters. The third-order valence-electron chi connectivity index (χ3n) is 14.7. The van der Waals surface area contributed by atoms with Crippen LogP contribution in [0.3, 0.4) is 0 Å². The van der Waals surface area contributed by atoms with Gasteiger partial charge in [0.2, 0.25) is 5.91 Å². The summed E-state index contributed by atoms with van der Waals surface area (Å²) >= 11 is 1.48. The van der Waals surface area contributed by atoms with Crippen LogP contribution in [0.4, 0.5) is 0 Å². The maximum absolute atomic E-state index is 15.2. The number of carbonyl (C=O) groups is 3. The number of hydrogen-bond acceptors (Lipinski definition) is 15. The van der Waals surface area contributed by atoms with Gasteiger partial charge < -0.3 is 38.0 Å². The number of benzene rings is 1. The van der Waals surface area contributed by atoms with Gasteiger partial charge in [0.05, 0.1) is 67.5 Å². The predicted molar refractivity (Wildman–Crippen MR) is 257 cm³/mol. The first-order valence-electron chi connectivity index (χ1n) is 24.5. The van der Waals surface area contributed by atoms with Crippen molar-refractivity contribution >= 4 is 40.0 Å². The van der Waals surface area contributed by atoms with Crippen molar-refractivity contribution in [2.24, 2.45) is 17.3 Å². The lowest BCUT2D eigenvalue weighted by Gasteiger charge is -2.41. The number of amides is 2. The molecule has 8 heterocycles. The second-order valence-electron chi connectivity index (χ2n) is 19.9. The molecule has 4 aromatic heterocycles. The lowest BCUT2D eigenvalue weighted by Crippen LogP contribution is -2.63. The molecule has 5 aliphatic rings. The first-order chi connectivity index (χ1) is 33.5. The summed E-state index contributed by atoms with van der Waals surface area (Å²) in [7, 11) is 1.70. The number of hydrazine groups is 1. The zero-order valence-electron chi connectivity index (χ0n) is 40.2. The molecule has 2 amide bonds. The normalized spacial score (nSPS) is 26.4. The second kappa shape index (κ2) is 20.3. The quantitative estimate of drug-likeness (QED) is 0.142. The number of thiazole rings is 1. The van der Waals surface area contributed by atoms with E-state index >= 15 is 4.79 Å². The number of cyclic esters (lactones) is 1. The minimum atomic E-state index is -1.06. The van der Waals surface area contributed by atoms with Crippen LogP contribution in [0.2, 0.25) is 0 Å². The van der Waals surface area contributed by atoms with Crippen molar-refractivity contribution in [3.05, 3.63) is 76.5 Å². The molecule has 18 heteroatoms. The van der Waals surface area contributed by atoms with Crippen molar-refractivity contribution in [3.63, 3.8) is 0 Å². The molecule has 69 heavy (non-hydrogen) atoms. The van der Waals surface area contributed by atoms with Gasteiger partial charge in [0.15, 0.2) is 6.39 Å². The first kappa shape index (κ1) is 47.6. The van der Waals surface area contributed by atoms with Gasteiger partial charge in [-0.15, -0.1) is 11.3 Å². The summed E-state index contributed by atoms with van der Waals surface area (Å²) in [5.74, 6) is -1.56. The number of nitrogens with one attached hydrogen (secondary N) is 2. The molecule has 1 aliphatic carbocycles. The minimum absolute atomic E-state index is 0.00273. The number of carbonyl (C=O) groups excluding carboxylic acids is 3. The highest BCUT2D eigenvalue weighted by Crippen LogP contribution is 2.53. The summed E-state index contributed by atoms with van der Waals surface area (Å²) in [5, 5.41) is 8.54. The van der Waals surface area contributed by atoms with Gasteiger partial charge in [-0.3, -0.25) is 29.3 Å². The maximum atomic E-state index is 15.2. The van der Waals surface area contributed by atoms with Crippen molar-refractivity contribution in [2.75, 3.05) is 66.4 Å². The first-order valence-corrected chi connectivity index (χ1v) is 25.4. The molecule has 3 saturated heterocycles. The van der Waals surface area contributed by atoms with E-state index in [1.54, 1.807) is 13.4 Å². The van der Waals surface area contributed by atoms with Crippen molar-refractivity contribution in [1.29, 1.82) is 0 Å². The van der Waals surface area contributed by atoms with Crippen molar-refractivity contribution in [1.82, 2.24) is 40.2 Å². The SMILES string of the molecule is CO[C@@H](C)c1ncccc1-c1c2c3cc(ccc3n1CCOC1CCOCC1)-c1csc(n1)[C@@H](N1CCOCC1)[C@H](NC(=O)[C@@H]1[C@@H](C)[C@H]1c1cocn1)C(=O)N1CCC[C@H](N1)C(=O)OCC(C)(C)C2. The molecule has 2 N–H and O–H groups in total. The van der Waals surface area contributed by atoms with Crippen molar-refractivity contribution in [2.45, 2.75) is 103 Å². The fourth-order valence-electron chi connectivity index (χ4n) is 10.8. The van der Waals surface area contributed by atoms with Crippen LogP contribution in [0, 0.1) is 17.3 Å². The molecule has 4 aliphatic heterocycles. The van der Waals surface area contributed by atoms with Crippen LogP contribution in [0.15, 0.2) is 59.0 Å². The number of nitrogens with zero attached hydrogens (tertiary/aromatic N) is 6. The lowest BCUT2D eigenvalue weighted by molar-refractivity contribution is -0.156. The highest BCUT2D eigenvalue weighted by molar-refractivity contribution is 7.10. The highest BCUT2D eigenvalue weighted by atomic mass is 32.1. The molecule has 4 fully saturated rings. The van der Waals surface area contributed by atoms with Crippen LogP contribution in [0.25, 0.3) is 33.4 Å². The number of ether oxygens (including phenoxy) is 5. The number of methoxy groups -OCH3 is 1. The third-order valence-corrected chi connectivity index (χ3v) is 15.6. The minimum Gasteiger partial charge on any atom is -0.464 e. The molecule has 6 bridgehead atoms. The zero-order chi connectivity index (χ0) is 47.8. The summed E-state index contributed by atoms with van der Waals surface area (Å²) in [6.07, 6.45) is 7.93. The van der Waals surface area contributed by atoms with Crippen LogP contribution in [-0.2, 0) is 51.0 Å². The largest absolute Gasteiger partial charge is 0.464 e. The van der Waals surface area contributed by atoms with Gasteiger partial charge in [-0.2, -0.15) is 0 Å². The Kier molecular flexibility index (Phi) is 14.0. The molecule has 10 rings (SSSR count). The number of pyridine rings is 1. The Hall–Kier alpha value is -5.08. The van der Waals surface area contributed by atoms with Crippen LogP contribution < -0.4 is 10.7 Å². The molecule has 1 saturated carbocycles. The molecule has 17 nitrogen and oxygen atoms in total. The van der Waals surface area contributed by atoms with Crippen LogP contribution >= 0.6 is 11.3 Å². The molecule has 0 spiro atoms. The van der Waals surface area contributed by atoms with Crippen molar-refractivity contribution < 1.29 is 42.5 Å². The average Bonchev–Trinajstić information content (AvgIpc) is 3.80. The fourth-order valence-corrected chi connectivity index (χ4v) is 11.8. The molecule has 0 unspecified atom stereocenters. The smallest absolute Gasteiger partial charge is 0.324 e. The maximum Gasteiger partial charge on any atom is 0.324 e. The average molecular weight is 965 g/mol. The Morgan fingerprint density at radius 2 is 1.87 bits per heavy atom. The van der Waals surface area contributed by atoms with E-state index in [1.165, 1.54) is 22.7 Å².